The molecule has 1 fully saturated rings. The number of amides is 2. The highest BCUT2D eigenvalue weighted by molar-refractivity contribution is 5.96. The molecule has 0 N–H and O–H groups in total. The fourth-order valence-corrected chi connectivity index (χ4v) is 4.37. The Hall–Kier alpha value is -4.40. The van der Waals surface area contributed by atoms with Crippen molar-refractivity contribution in [2.45, 2.75) is 19.9 Å². The first-order valence-corrected chi connectivity index (χ1v) is 11.9. The van der Waals surface area contributed by atoms with Crippen LogP contribution in [0.5, 0.6) is 0 Å². The van der Waals surface area contributed by atoms with Crippen molar-refractivity contribution >= 4 is 28.5 Å². The molecular weight excluding hydrogens is 456 g/mol. The molecule has 1 aliphatic heterocycles. The zero-order valence-electron chi connectivity index (χ0n) is 20.0. The van der Waals surface area contributed by atoms with Gasteiger partial charge in [-0.15, -0.1) is 0 Å². The van der Waals surface area contributed by atoms with E-state index in [-0.39, 0.29) is 30.6 Å². The van der Waals surface area contributed by atoms with Crippen LogP contribution in [-0.4, -0.2) is 73.3 Å². The van der Waals surface area contributed by atoms with Crippen molar-refractivity contribution in [1.82, 2.24) is 29.5 Å². The number of aromatic nitrogens is 4. The number of hydrogen-bond donors (Lipinski definition) is 0. The molecule has 0 atom stereocenters. The zero-order chi connectivity index (χ0) is 25.1. The quantitative estimate of drug-likeness (QED) is 0.392. The number of aryl methyl sites for hydroxylation is 1. The van der Waals surface area contributed by atoms with Crippen LogP contribution in [0.2, 0.25) is 0 Å². The fraction of sp³-hybridized carbons (Fsp3) is 0.259. The summed E-state index contributed by atoms with van der Waals surface area (Å²) in [5.74, 6) is 0.438. The second-order valence-corrected chi connectivity index (χ2v) is 8.85. The average Bonchev–Trinajstić information content (AvgIpc) is 3.30. The summed E-state index contributed by atoms with van der Waals surface area (Å²) in [6, 6.07) is 16.5. The molecule has 2 aromatic carbocycles. The molecule has 9 nitrogen and oxygen atoms in total. The van der Waals surface area contributed by atoms with Gasteiger partial charge in [0.25, 0.3) is 5.91 Å². The Morgan fingerprint density at radius 1 is 0.917 bits per heavy atom. The van der Waals surface area contributed by atoms with Gasteiger partial charge >= 0.3 is 0 Å². The predicted molar refractivity (Wildman–Crippen MR) is 133 cm³/mol. The van der Waals surface area contributed by atoms with Crippen molar-refractivity contribution in [3.05, 3.63) is 89.6 Å². The first-order valence-electron chi connectivity index (χ1n) is 11.9. The minimum Gasteiger partial charge on any atom is -0.338 e. The van der Waals surface area contributed by atoms with Crippen LogP contribution in [0.15, 0.2) is 67.0 Å². The third kappa shape index (κ3) is 5.14. The van der Waals surface area contributed by atoms with Crippen molar-refractivity contribution in [3.63, 3.8) is 0 Å². The molecule has 3 heterocycles. The molecular formula is C27H26N6O3. The number of ketones is 1. The van der Waals surface area contributed by atoms with Gasteiger partial charge in [0.05, 0.1) is 5.52 Å². The minimum atomic E-state index is -0.0766. The van der Waals surface area contributed by atoms with Crippen LogP contribution >= 0.6 is 0 Å². The fourth-order valence-electron chi connectivity index (χ4n) is 4.37. The van der Waals surface area contributed by atoms with E-state index in [1.807, 2.05) is 42.6 Å². The van der Waals surface area contributed by atoms with Crippen LogP contribution in [0.1, 0.15) is 32.2 Å². The molecule has 2 aromatic heterocycles. The number of piperazine rings is 1. The maximum Gasteiger partial charge on any atom is 0.253 e. The summed E-state index contributed by atoms with van der Waals surface area (Å²) in [7, 11) is 0. The van der Waals surface area contributed by atoms with E-state index in [0.29, 0.717) is 43.3 Å². The van der Waals surface area contributed by atoms with Crippen molar-refractivity contribution in [1.29, 1.82) is 0 Å². The highest BCUT2D eigenvalue weighted by Crippen LogP contribution is 2.17. The highest BCUT2D eigenvalue weighted by Gasteiger charge is 2.25. The van der Waals surface area contributed by atoms with Crippen molar-refractivity contribution in [2.75, 3.05) is 26.2 Å². The Labute approximate surface area is 208 Å². The van der Waals surface area contributed by atoms with Gasteiger partial charge in [-0.2, -0.15) is 5.10 Å². The zero-order valence-corrected chi connectivity index (χ0v) is 20.0. The second-order valence-electron chi connectivity index (χ2n) is 8.85. The van der Waals surface area contributed by atoms with Crippen LogP contribution in [0.3, 0.4) is 0 Å². The number of Topliss-reactive ketones (excluding diaryl/α,β-unsaturated/α-hetero) is 1. The van der Waals surface area contributed by atoms with Crippen LogP contribution in [0.25, 0.3) is 10.9 Å². The van der Waals surface area contributed by atoms with E-state index in [0.717, 1.165) is 16.5 Å². The molecule has 0 saturated carbocycles. The Morgan fingerprint density at radius 2 is 1.67 bits per heavy atom. The molecule has 0 aliphatic carbocycles. The third-order valence-electron chi connectivity index (χ3n) is 6.28. The molecule has 36 heavy (non-hydrogen) atoms. The molecule has 0 spiro atoms. The van der Waals surface area contributed by atoms with Crippen LogP contribution in [-0.2, 0) is 17.8 Å². The number of hydrogen-bond acceptors (Lipinski definition) is 6. The van der Waals surface area contributed by atoms with E-state index in [9.17, 15) is 14.4 Å². The van der Waals surface area contributed by atoms with Gasteiger partial charge in [-0.1, -0.05) is 24.3 Å². The number of carbonyl (C=O) groups is 3. The van der Waals surface area contributed by atoms with E-state index < -0.39 is 0 Å². The lowest BCUT2D eigenvalue weighted by molar-refractivity contribution is -0.133. The smallest absolute Gasteiger partial charge is 0.253 e. The molecule has 4 aromatic rings. The molecule has 0 bridgehead atoms. The summed E-state index contributed by atoms with van der Waals surface area (Å²) in [4.78, 5) is 49.9. The lowest BCUT2D eigenvalue weighted by Gasteiger charge is -2.34. The maximum absolute atomic E-state index is 12.9. The summed E-state index contributed by atoms with van der Waals surface area (Å²) in [6.45, 7) is 3.87. The van der Waals surface area contributed by atoms with Gasteiger partial charge in [-0.25, -0.2) is 9.97 Å². The number of nitrogens with zero attached hydrogens (tertiary/aromatic N) is 6. The number of fused-ring (bicyclic) bond motifs is 1. The number of benzene rings is 2. The molecule has 1 aliphatic rings. The maximum atomic E-state index is 12.9. The summed E-state index contributed by atoms with van der Waals surface area (Å²) in [5.41, 5.74) is 2.67. The van der Waals surface area contributed by atoms with Gasteiger partial charge in [-0.05, 0) is 42.8 Å². The lowest BCUT2D eigenvalue weighted by Crippen LogP contribution is -2.51. The van der Waals surface area contributed by atoms with Crippen molar-refractivity contribution in [2.24, 2.45) is 0 Å². The molecule has 9 heteroatoms. The third-order valence-corrected chi connectivity index (χ3v) is 6.28. The van der Waals surface area contributed by atoms with E-state index in [1.54, 1.807) is 45.8 Å². The highest BCUT2D eigenvalue weighted by atomic mass is 16.2. The molecule has 0 radical (unpaired) electrons. The Morgan fingerprint density at radius 3 is 2.42 bits per heavy atom. The van der Waals surface area contributed by atoms with Crippen molar-refractivity contribution < 1.29 is 14.4 Å². The Balaban J connectivity index is 1.19. The summed E-state index contributed by atoms with van der Waals surface area (Å²) >= 11 is 0. The van der Waals surface area contributed by atoms with Crippen LogP contribution in [0, 0.1) is 6.92 Å². The van der Waals surface area contributed by atoms with Gasteiger partial charge in [0.2, 0.25) is 5.91 Å². The standard InChI is InChI=1S/C27H26N6O3/c1-19-28-10-9-24(29-19)25(34)16-20-7-8-23-22(15-20)17-33(30-23)18-26(35)31-11-13-32(14-12-31)27(36)21-5-3-2-4-6-21/h2-10,15,17H,11-14,16,18H2,1H3. The first-order chi connectivity index (χ1) is 17.5. The molecule has 0 unspecified atom stereocenters. The normalized spacial score (nSPS) is 13.7. The topological polar surface area (TPSA) is 101 Å². The van der Waals surface area contributed by atoms with Crippen molar-refractivity contribution in [3.8, 4) is 0 Å². The van der Waals surface area contributed by atoms with Crippen LogP contribution < -0.4 is 0 Å². The molecule has 5 rings (SSSR count). The molecule has 1 saturated heterocycles. The van der Waals surface area contributed by atoms with E-state index >= 15 is 0 Å². The Bertz CT molecular complexity index is 1420. The first kappa shape index (κ1) is 23.3. The number of rotatable bonds is 6. The predicted octanol–water partition coefficient (Wildman–Crippen LogP) is 2.54. The molecule has 2 amide bonds. The second kappa shape index (κ2) is 10.1. The Kier molecular flexibility index (Phi) is 6.53. The van der Waals surface area contributed by atoms with E-state index in [2.05, 4.69) is 15.1 Å². The summed E-state index contributed by atoms with van der Waals surface area (Å²) < 4.78 is 1.63. The van der Waals surface area contributed by atoms with Gasteiger partial charge in [0, 0.05) is 55.9 Å². The van der Waals surface area contributed by atoms with Gasteiger partial charge in [-0.3, -0.25) is 19.1 Å². The largest absolute Gasteiger partial charge is 0.338 e. The van der Waals surface area contributed by atoms with Gasteiger partial charge in [0.1, 0.15) is 18.1 Å². The SMILES string of the molecule is Cc1nccc(C(=O)Cc2ccc3nn(CC(=O)N4CCN(C(=O)c5ccccc5)CC4)cc3c2)n1. The summed E-state index contributed by atoms with van der Waals surface area (Å²) in [5, 5.41) is 5.39. The summed E-state index contributed by atoms with van der Waals surface area (Å²) in [6.07, 6.45) is 3.63. The average molecular weight is 483 g/mol. The monoisotopic (exact) mass is 482 g/mol. The molecule has 182 valence electrons. The van der Waals surface area contributed by atoms with Gasteiger partial charge < -0.3 is 9.80 Å². The number of carbonyl (C=O) groups excluding carboxylic acids is 3. The van der Waals surface area contributed by atoms with E-state index in [4.69, 9.17) is 0 Å². The van der Waals surface area contributed by atoms with E-state index in [1.165, 1.54) is 0 Å². The lowest BCUT2D eigenvalue weighted by atomic mass is 10.1. The van der Waals surface area contributed by atoms with Gasteiger partial charge in [0.15, 0.2) is 5.78 Å². The minimum absolute atomic E-state index is 0.00911. The van der Waals surface area contributed by atoms with Crippen LogP contribution in [0.4, 0.5) is 0 Å².